The monoisotopic (exact) mass is 232 g/mol. The van der Waals surface area contributed by atoms with Crippen molar-refractivity contribution >= 4 is 11.7 Å². The Labute approximate surface area is 88.3 Å². The summed E-state index contributed by atoms with van der Waals surface area (Å²) in [6, 6.07) is 1.72. The number of nitrogens with one attached hydrogen (secondary N) is 2. The third kappa shape index (κ3) is 3.61. The van der Waals surface area contributed by atoms with E-state index in [2.05, 4.69) is 15.5 Å². The minimum absolute atomic E-state index is 0.00896. The van der Waals surface area contributed by atoms with Gasteiger partial charge in [0.2, 0.25) is 5.91 Å². The zero-order valence-corrected chi connectivity index (χ0v) is 7.93. The highest BCUT2D eigenvalue weighted by atomic mass is 19.4. The van der Waals surface area contributed by atoms with Crippen LogP contribution in [-0.2, 0) is 4.79 Å². The Bertz CT molecular complexity index is 418. The number of hydrogen-bond donors (Lipinski definition) is 2. The van der Waals surface area contributed by atoms with Gasteiger partial charge in [-0.25, -0.2) is 0 Å². The molecule has 1 aromatic rings. The fourth-order valence-corrected chi connectivity index (χ4v) is 0.923. The predicted octanol–water partition coefficient (Wildman–Crippen LogP) is 1.56. The third-order valence-corrected chi connectivity index (χ3v) is 1.66. The van der Waals surface area contributed by atoms with E-state index in [0.717, 1.165) is 0 Å². The lowest BCUT2D eigenvalue weighted by molar-refractivity contribution is -0.142. The van der Waals surface area contributed by atoms with Crippen LogP contribution in [0.25, 0.3) is 0 Å². The number of rotatable bonds is 3. The van der Waals surface area contributed by atoms with Crippen molar-refractivity contribution in [3.8, 4) is 6.07 Å². The molecule has 0 aliphatic carbocycles. The van der Waals surface area contributed by atoms with Gasteiger partial charge in [-0.3, -0.25) is 9.89 Å². The van der Waals surface area contributed by atoms with E-state index in [0.29, 0.717) is 0 Å². The highest BCUT2D eigenvalue weighted by Crippen LogP contribution is 2.21. The number of nitriles is 1. The molecule has 0 aliphatic heterocycles. The highest BCUT2D eigenvalue weighted by Gasteiger charge is 2.28. The number of aromatic nitrogens is 2. The Morgan fingerprint density at radius 3 is 2.88 bits per heavy atom. The molecule has 2 N–H and O–H groups in total. The Kier molecular flexibility index (Phi) is 3.50. The van der Waals surface area contributed by atoms with Crippen molar-refractivity contribution in [2.75, 3.05) is 5.32 Å². The van der Waals surface area contributed by atoms with Gasteiger partial charge in [-0.1, -0.05) is 0 Å². The minimum atomic E-state index is -4.37. The lowest BCUT2D eigenvalue weighted by Gasteiger charge is -2.05. The SMILES string of the molecule is N#Cc1cn[nH]c1NC(=O)CCC(F)(F)F. The van der Waals surface area contributed by atoms with Crippen LogP contribution in [0.2, 0.25) is 0 Å². The molecule has 0 saturated carbocycles. The van der Waals surface area contributed by atoms with E-state index >= 15 is 0 Å². The van der Waals surface area contributed by atoms with E-state index < -0.39 is 24.9 Å². The standard InChI is InChI=1S/C8H7F3N4O/c9-8(10,11)2-1-6(16)14-7-5(3-12)4-13-15-7/h4H,1-2H2,(H2,13,14,15,16). The van der Waals surface area contributed by atoms with E-state index in [1.807, 2.05) is 0 Å². The largest absolute Gasteiger partial charge is 0.389 e. The summed E-state index contributed by atoms with van der Waals surface area (Å²) >= 11 is 0. The molecule has 86 valence electrons. The van der Waals surface area contributed by atoms with Gasteiger partial charge >= 0.3 is 6.18 Å². The first-order valence-corrected chi connectivity index (χ1v) is 4.22. The van der Waals surface area contributed by atoms with Crippen LogP contribution in [0.5, 0.6) is 0 Å². The van der Waals surface area contributed by atoms with Gasteiger partial charge in [0.05, 0.1) is 12.6 Å². The fraction of sp³-hybridized carbons (Fsp3) is 0.375. The van der Waals surface area contributed by atoms with E-state index in [-0.39, 0.29) is 11.4 Å². The van der Waals surface area contributed by atoms with Gasteiger partial charge in [-0.15, -0.1) is 0 Å². The van der Waals surface area contributed by atoms with Gasteiger partial charge in [0.15, 0.2) is 0 Å². The maximum Gasteiger partial charge on any atom is 0.389 e. The van der Waals surface area contributed by atoms with Crippen molar-refractivity contribution in [1.29, 1.82) is 5.26 Å². The molecule has 0 fully saturated rings. The van der Waals surface area contributed by atoms with Gasteiger partial charge in [-0.05, 0) is 0 Å². The van der Waals surface area contributed by atoms with Crippen LogP contribution in [0, 0.1) is 11.3 Å². The smallest absolute Gasteiger partial charge is 0.310 e. The van der Waals surface area contributed by atoms with Crippen molar-refractivity contribution < 1.29 is 18.0 Å². The molecule has 0 saturated heterocycles. The molecular formula is C8H7F3N4O. The topological polar surface area (TPSA) is 81.6 Å². The first-order valence-electron chi connectivity index (χ1n) is 4.22. The second-order valence-electron chi connectivity index (χ2n) is 2.93. The third-order valence-electron chi connectivity index (χ3n) is 1.66. The Balaban J connectivity index is 2.50. The van der Waals surface area contributed by atoms with Gasteiger partial charge < -0.3 is 5.32 Å². The normalized spacial score (nSPS) is 10.9. The number of halogens is 3. The number of alkyl halides is 3. The Morgan fingerprint density at radius 1 is 1.62 bits per heavy atom. The summed E-state index contributed by atoms with van der Waals surface area (Å²) in [4.78, 5) is 11.1. The van der Waals surface area contributed by atoms with Gasteiger partial charge in [0.25, 0.3) is 0 Å². The quantitative estimate of drug-likeness (QED) is 0.829. The van der Waals surface area contributed by atoms with Gasteiger partial charge in [0.1, 0.15) is 17.5 Å². The molecule has 1 rings (SSSR count). The lowest BCUT2D eigenvalue weighted by Crippen LogP contribution is -2.17. The summed E-state index contributed by atoms with van der Waals surface area (Å²) in [6.45, 7) is 0. The second-order valence-corrected chi connectivity index (χ2v) is 2.93. The molecule has 0 unspecified atom stereocenters. The molecule has 0 radical (unpaired) electrons. The molecule has 16 heavy (non-hydrogen) atoms. The molecule has 0 aromatic carbocycles. The molecule has 0 bridgehead atoms. The second kappa shape index (κ2) is 4.65. The molecule has 1 aromatic heterocycles. The first kappa shape index (κ1) is 12.0. The van der Waals surface area contributed by atoms with Crippen molar-refractivity contribution in [1.82, 2.24) is 10.2 Å². The van der Waals surface area contributed by atoms with Gasteiger partial charge in [-0.2, -0.15) is 23.5 Å². The number of carbonyl (C=O) groups excluding carboxylic acids is 1. The van der Waals surface area contributed by atoms with Crippen LogP contribution in [-0.4, -0.2) is 22.3 Å². The Hall–Kier alpha value is -2.04. The molecule has 0 aliphatic rings. The maximum absolute atomic E-state index is 11.8. The molecule has 1 amide bonds. The highest BCUT2D eigenvalue weighted by molar-refractivity contribution is 5.90. The molecule has 5 nitrogen and oxygen atoms in total. The first-order chi connectivity index (χ1) is 7.42. The van der Waals surface area contributed by atoms with Crippen molar-refractivity contribution in [2.24, 2.45) is 0 Å². The van der Waals surface area contributed by atoms with E-state index in [9.17, 15) is 18.0 Å². The summed E-state index contributed by atoms with van der Waals surface area (Å²) in [7, 11) is 0. The zero-order chi connectivity index (χ0) is 12.2. The summed E-state index contributed by atoms with van der Waals surface area (Å²) in [5.41, 5.74) is 0.0698. The number of H-pyrrole nitrogens is 1. The van der Waals surface area contributed by atoms with E-state index in [1.165, 1.54) is 6.20 Å². The summed E-state index contributed by atoms with van der Waals surface area (Å²) in [5, 5.41) is 16.4. The Morgan fingerprint density at radius 2 is 2.31 bits per heavy atom. The van der Waals surface area contributed by atoms with Gasteiger partial charge in [0, 0.05) is 6.42 Å². The van der Waals surface area contributed by atoms with Crippen LogP contribution in [0.15, 0.2) is 6.20 Å². The summed E-state index contributed by atoms with van der Waals surface area (Å²) in [5.74, 6) is -0.812. The van der Waals surface area contributed by atoms with Crippen LogP contribution < -0.4 is 5.32 Å². The van der Waals surface area contributed by atoms with Crippen LogP contribution in [0.3, 0.4) is 0 Å². The van der Waals surface area contributed by atoms with Crippen LogP contribution in [0.1, 0.15) is 18.4 Å². The van der Waals surface area contributed by atoms with Crippen molar-refractivity contribution in [3.05, 3.63) is 11.8 Å². The molecule has 0 atom stereocenters. The zero-order valence-electron chi connectivity index (χ0n) is 7.93. The van der Waals surface area contributed by atoms with E-state index in [1.54, 1.807) is 6.07 Å². The van der Waals surface area contributed by atoms with Crippen molar-refractivity contribution in [3.63, 3.8) is 0 Å². The average molecular weight is 232 g/mol. The average Bonchev–Trinajstić information content (AvgIpc) is 2.61. The maximum atomic E-state index is 11.8. The fourth-order valence-electron chi connectivity index (χ4n) is 0.923. The minimum Gasteiger partial charge on any atom is -0.310 e. The van der Waals surface area contributed by atoms with Crippen LogP contribution >= 0.6 is 0 Å². The molecular weight excluding hydrogens is 225 g/mol. The number of carbonyl (C=O) groups is 1. The summed E-state index contributed by atoms with van der Waals surface area (Å²) < 4.78 is 35.4. The predicted molar refractivity (Wildman–Crippen MR) is 47.2 cm³/mol. The molecule has 1 heterocycles. The number of aromatic amines is 1. The number of anilines is 1. The number of hydrogen-bond acceptors (Lipinski definition) is 3. The number of nitrogens with zero attached hydrogens (tertiary/aromatic N) is 2. The lowest BCUT2D eigenvalue weighted by atomic mass is 10.3. The van der Waals surface area contributed by atoms with Crippen LogP contribution in [0.4, 0.5) is 19.0 Å². The molecule has 0 spiro atoms. The molecule has 8 heteroatoms. The van der Waals surface area contributed by atoms with E-state index in [4.69, 9.17) is 5.26 Å². The summed E-state index contributed by atoms with van der Waals surface area (Å²) in [6.07, 6.45) is -5.09. The number of amides is 1. The van der Waals surface area contributed by atoms with Crippen molar-refractivity contribution in [2.45, 2.75) is 19.0 Å².